The van der Waals surface area contributed by atoms with Crippen molar-refractivity contribution in [2.75, 3.05) is 4.90 Å². The van der Waals surface area contributed by atoms with Gasteiger partial charge in [0.05, 0.1) is 13.0 Å². The fourth-order valence-corrected chi connectivity index (χ4v) is 3.64. The number of nitrogens with zero attached hydrogens (tertiary/aromatic N) is 2. The maximum absolute atomic E-state index is 13.4. The Morgan fingerprint density at radius 2 is 1.50 bits per heavy atom. The fourth-order valence-electron chi connectivity index (χ4n) is 3.64. The highest BCUT2D eigenvalue weighted by Crippen LogP contribution is 2.22. The van der Waals surface area contributed by atoms with Gasteiger partial charge in [0.2, 0.25) is 5.91 Å². The molecule has 2 amide bonds. The van der Waals surface area contributed by atoms with Crippen LogP contribution in [-0.2, 0) is 24.3 Å². The van der Waals surface area contributed by atoms with E-state index in [4.69, 9.17) is 0 Å². The lowest BCUT2D eigenvalue weighted by Gasteiger charge is -2.23. The molecule has 4 rings (SSSR count). The van der Waals surface area contributed by atoms with Crippen molar-refractivity contribution in [3.63, 3.8) is 0 Å². The second-order valence-electron chi connectivity index (χ2n) is 8.22. The third-order valence-electron chi connectivity index (χ3n) is 5.55. The Labute approximate surface area is 200 Å². The van der Waals surface area contributed by atoms with Gasteiger partial charge in [-0.3, -0.25) is 14.6 Å². The minimum absolute atomic E-state index is 0.0616. The summed E-state index contributed by atoms with van der Waals surface area (Å²) in [5, 5.41) is 2.92. The predicted molar refractivity (Wildman–Crippen MR) is 134 cm³/mol. The average Bonchev–Trinajstić information content (AvgIpc) is 2.88. The standard InChI is InChI=1S/C29H27N3O2/c1-22-9-11-24(12-10-22)21-32(29(34)26-7-3-2-4-8-26)27-15-13-23(14-16-27)18-28(33)31-20-25-6-5-17-30-19-25/h2-17,19H,18,20-21H2,1H3,(H,31,33). The van der Waals surface area contributed by atoms with E-state index in [0.717, 1.165) is 22.4 Å². The van der Waals surface area contributed by atoms with Crippen LogP contribution in [0.15, 0.2) is 103 Å². The van der Waals surface area contributed by atoms with E-state index in [1.54, 1.807) is 17.3 Å². The molecule has 0 atom stereocenters. The van der Waals surface area contributed by atoms with Gasteiger partial charge in [0.15, 0.2) is 0 Å². The third kappa shape index (κ3) is 6.17. The highest BCUT2D eigenvalue weighted by molar-refractivity contribution is 6.06. The van der Waals surface area contributed by atoms with Crippen LogP contribution < -0.4 is 10.2 Å². The first-order chi connectivity index (χ1) is 16.6. The van der Waals surface area contributed by atoms with Crippen molar-refractivity contribution < 1.29 is 9.59 Å². The van der Waals surface area contributed by atoms with Gasteiger partial charge in [-0.05, 0) is 53.9 Å². The number of benzene rings is 3. The number of hydrogen-bond acceptors (Lipinski definition) is 3. The van der Waals surface area contributed by atoms with Gasteiger partial charge in [-0.25, -0.2) is 0 Å². The van der Waals surface area contributed by atoms with Crippen LogP contribution in [0.2, 0.25) is 0 Å². The smallest absolute Gasteiger partial charge is 0.258 e. The lowest BCUT2D eigenvalue weighted by molar-refractivity contribution is -0.120. The summed E-state index contributed by atoms with van der Waals surface area (Å²) in [5.74, 6) is -0.128. The Morgan fingerprint density at radius 3 is 2.18 bits per heavy atom. The van der Waals surface area contributed by atoms with E-state index < -0.39 is 0 Å². The minimum atomic E-state index is -0.0665. The molecule has 0 radical (unpaired) electrons. The van der Waals surface area contributed by atoms with Crippen LogP contribution in [-0.4, -0.2) is 16.8 Å². The zero-order valence-corrected chi connectivity index (χ0v) is 19.1. The van der Waals surface area contributed by atoms with Crippen LogP contribution in [0.1, 0.15) is 32.6 Å². The van der Waals surface area contributed by atoms with Crippen molar-refractivity contribution in [3.05, 3.63) is 131 Å². The monoisotopic (exact) mass is 449 g/mol. The van der Waals surface area contributed by atoms with Gasteiger partial charge in [-0.1, -0.05) is 66.2 Å². The van der Waals surface area contributed by atoms with Gasteiger partial charge in [-0.2, -0.15) is 0 Å². The first-order valence-corrected chi connectivity index (χ1v) is 11.3. The normalized spacial score (nSPS) is 10.5. The molecule has 0 aliphatic rings. The SMILES string of the molecule is Cc1ccc(CN(C(=O)c2ccccc2)c2ccc(CC(=O)NCc3cccnc3)cc2)cc1. The summed E-state index contributed by atoms with van der Waals surface area (Å²) < 4.78 is 0. The maximum Gasteiger partial charge on any atom is 0.258 e. The van der Waals surface area contributed by atoms with Gasteiger partial charge in [0, 0.05) is 30.2 Å². The summed E-state index contributed by atoms with van der Waals surface area (Å²) in [7, 11) is 0. The molecule has 5 nitrogen and oxygen atoms in total. The summed E-state index contributed by atoms with van der Waals surface area (Å²) in [5.41, 5.74) is 5.49. The van der Waals surface area contributed by atoms with Crippen molar-refractivity contribution in [3.8, 4) is 0 Å². The summed E-state index contributed by atoms with van der Waals surface area (Å²) in [6, 6.07) is 28.8. The van der Waals surface area contributed by atoms with Crippen LogP contribution in [0.5, 0.6) is 0 Å². The van der Waals surface area contributed by atoms with E-state index in [0.29, 0.717) is 18.7 Å². The van der Waals surface area contributed by atoms with Crippen molar-refractivity contribution in [2.24, 2.45) is 0 Å². The van der Waals surface area contributed by atoms with Crippen LogP contribution in [0.25, 0.3) is 0 Å². The van der Waals surface area contributed by atoms with E-state index >= 15 is 0 Å². The summed E-state index contributed by atoms with van der Waals surface area (Å²) in [6.45, 7) is 2.95. The molecule has 170 valence electrons. The molecule has 0 unspecified atom stereocenters. The summed E-state index contributed by atoms with van der Waals surface area (Å²) in [4.78, 5) is 31.6. The van der Waals surface area contributed by atoms with Crippen molar-refractivity contribution >= 4 is 17.5 Å². The molecule has 4 aromatic rings. The van der Waals surface area contributed by atoms with Gasteiger partial charge in [0.25, 0.3) is 5.91 Å². The average molecular weight is 450 g/mol. The van der Waals surface area contributed by atoms with Crippen LogP contribution in [0.3, 0.4) is 0 Å². The van der Waals surface area contributed by atoms with E-state index in [1.165, 1.54) is 5.56 Å². The molecule has 0 aliphatic carbocycles. The molecule has 3 aromatic carbocycles. The fraction of sp³-hybridized carbons (Fsp3) is 0.138. The molecule has 0 spiro atoms. The quantitative estimate of drug-likeness (QED) is 0.407. The lowest BCUT2D eigenvalue weighted by Crippen LogP contribution is -2.30. The largest absolute Gasteiger partial charge is 0.352 e. The Hall–Kier alpha value is -4.25. The zero-order valence-electron chi connectivity index (χ0n) is 19.1. The molecule has 1 heterocycles. The molecule has 0 saturated heterocycles. The molecular weight excluding hydrogens is 422 g/mol. The van der Waals surface area contributed by atoms with Crippen LogP contribution >= 0.6 is 0 Å². The van der Waals surface area contributed by atoms with Gasteiger partial charge >= 0.3 is 0 Å². The molecular formula is C29H27N3O2. The number of carbonyl (C=O) groups excluding carboxylic acids is 2. The van der Waals surface area contributed by atoms with E-state index in [2.05, 4.69) is 10.3 Å². The van der Waals surface area contributed by atoms with Gasteiger partial charge < -0.3 is 10.2 Å². The second-order valence-corrected chi connectivity index (χ2v) is 8.22. The molecule has 0 saturated carbocycles. The zero-order chi connectivity index (χ0) is 23.8. The molecule has 0 fully saturated rings. The highest BCUT2D eigenvalue weighted by atomic mass is 16.2. The van der Waals surface area contributed by atoms with E-state index in [9.17, 15) is 9.59 Å². The molecule has 1 aromatic heterocycles. The van der Waals surface area contributed by atoms with Crippen LogP contribution in [0, 0.1) is 6.92 Å². The van der Waals surface area contributed by atoms with Crippen molar-refractivity contribution in [2.45, 2.75) is 26.4 Å². The van der Waals surface area contributed by atoms with Gasteiger partial charge in [-0.15, -0.1) is 0 Å². The van der Waals surface area contributed by atoms with E-state index in [-0.39, 0.29) is 18.2 Å². The Kier molecular flexibility index (Phi) is 7.45. The second kappa shape index (κ2) is 11.1. The van der Waals surface area contributed by atoms with E-state index in [1.807, 2.05) is 97.9 Å². The molecule has 5 heteroatoms. The topological polar surface area (TPSA) is 62.3 Å². The van der Waals surface area contributed by atoms with Crippen molar-refractivity contribution in [1.82, 2.24) is 10.3 Å². The molecule has 0 bridgehead atoms. The highest BCUT2D eigenvalue weighted by Gasteiger charge is 2.18. The number of pyridine rings is 1. The number of rotatable bonds is 8. The predicted octanol–water partition coefficient (Wildman–Crippen LogP) is 5.10. The number of anilines is 1. The molecule has 1 N–H and O–H groups in total. The minimum Gasteiger partial charge on any atom is -0.352 e. The van der Waals surface area contributed by atoms with Crippen LogP contribution in [0.4, 0.5) is 5.69 Å². The number of carbonyl (C=O) groups is 2. The molecule has 0 aliphatic heterocycles. The Morgan fingerprint density at radius 1 is 0.794 bits per heavy atom. The number of aryl methyl sites for hydroxylation is 1. The van der Waals surface area contributed by atoms with Gasteiger partial charge in [0.1, 0.15) is 0 Å². The number of amides is 2. The van der Waals surface area contributed by atoms with Crippen molar-refractivity contribution in [1.29, 1.82) is 0 Å². The summed E-state index contributed by atoms with van der Waals surface area (Å²) in [6.07, 6.45) is 3.71. The molecule has 34 heavy (non-hydrogen) atoms. The Bertz CT molecular complexity index is 1220. The lowest BCUT2D eigenvalue weighted by atomic mass is 10.1. The maximum atomic E-state index is 13.4. The number of hydrogen-bond donors (Lipinski definition) is 1. The first-order valence-electron chi connectivity index (χ1n) is 11.3. The Balaban J connectivity index is 1.48. The summed E-state index contributed by atoms with van der Waals surface area (Å²) >= 11 is 0. The number of nitrogens with one attached hydrogen (secondary N) is 1. The third-order valence-corrected chi connectivity index (χ3v) is 5.55. The first kappa shape index (κ1) is 22.9. The number of aromatic nitrogens is 1.